The molecule has 1 fully saturated rings. The van der Waals surface area contributed by atoms with Gasteiger partial charge in [-0.3, -0.25) is 9.59 Å². The number of nitrogens with zero attached hydrogens (tertiary/aromatic N) is 2. The summed E-state index contributed by atoms with van der Waals surface area (Å²) in [6.45, 7) is 3.20. The summed E-state index contributed by atoms with van der Waals surface area (Å²) in [6, 6.07) is 13.9. The Bertz CT molecular complexity index is 963. The van der Waals surface area contributed by atoms with E-state index in [2.05, 4.69) is 0 Å². The van der Waals surface area contributed by atoms with E-state index in [1.165, 1.54) is 7.11 Å². The van der Waals surface area contributed by atoms with E-state index in [0.717, 1.165) is 24.1 Å². The summed E-state index contributed by atoms with van der Waals surface area (Å²) in [7, 11) is 5.47. The van der Waals surface area contributed by atoms with Gasteiger partial charge >= 0.3 is 0 Å². The summed E-state index contributed by atoms with van der Waals surface area (Å²) in [5.41, 5.74) is 2.44. The van der Waals surface area contributed by atoms with Gasteiger partial charge in [0, 0.05) is 12.1 Å². The van der Waals surface area contributed by atoms with Gasteiger partial charge in [-0.25, -0.2) is 0 Å². The van der Waals surface area contributed by atoms with Crippen LogP contribution in [-0.4, -0.2) is 60.9 Å². The SMILES string of the molecule is COc1cccc(/C(O)=C2\C(=O)C(=O)N(CCCN(C)C)[C@@H]2c2ccc(C)cc2)c1. The average Bonchev–Trinajstić information content (AvgIpc) is 2.98. The molecule has 0 spiro atoms. The maximum absolute atomic E-state index is 13.0. The minimum absolute atomic E-state index is 0.113. The minimum atomic E-state index is -0.661. The number of aliphatic hydroxyl groups excluding tert-OH is 1. The van der Waals surface area contributed by atoms with Crippen LogP contribution < -0.4 is 4.74 Å². The summed E-state index contributed by atoms with van der Waals surface area (Å²) in [4.78, 5) is 29.5. The molecular formula is C24H28N2O4. The molecule has 0 bridgehead atoms. The summed E-state index contributed by atoms with van der Waals surface area (Å²) < 4.78 is 5.24. The molecule has 2 aromatic rings. The van der Waals surface area contributed by atoms with Crippen molar-refractivity contribution in [2.24, 2.45) is 0 Å². The van der Waals surface area contributed by atoms with E-state index in [9.17, 15) is 14.7 Å². The number of aliphatic hydroxyl groups is 1. The number of carbonyl (C=O) groups is 2. The van der Waals surface area contributed by atoms with Gasteiger partial charge in [0.2, 0.25) is 0 Å². The Morgan fingerprint density at radius 1 is 1.13 bits per heavy atom. The molecule has 158 valence electrons. The summed E-state index contributed by atoms with van der Waals surface area (Å²) in [5, 5.41) is 11.1. The van der Waals surface area contributed by atoms with E-state index in [1.807, 2.05) is 50.2 Å². The first-order valence-electron chi connectivity index (χ1n) is 9.97. The normalized spacial score (nSPS) is 18.3. The van der Waals surface area contributed by atoms with Gasteiger partial charge in [-0.2, -0.15) is 0 Å². The van der Waals surface area contributed by atoms with Crippen molar-refractivity contribution in [2.75, 3.05) is 34.3 Å². The highest BCUT2D eigenvalue weighted by Gasteiger charge is 2.45. The number of rotatable bonds is 7. The second kappa shape index (κ2) is 9.13. The van der Waals surface area contributed by atoms with Crippen molar-refractivity contribution in [3.8, 4) is 5.75 Å². The smallest absolute Gasteiger partial charge is 0.295 e. The first-order valence-corrected chi connectivity index (χ1v) is 9.97. The van der Waals surface area contributed by atoms with Crippen LogP contribution in [0.3, 0.4) is 0 Å². The number of amides is 1. The van der Waals surface area contributed by atoms with Gasteiger partial charge in [-0.1, -0.05) is 42.0 Å². The molecule has 6 heteroatoms. The van der Waals surface area contributed by atoms with E-state index in [0.29, 0.717) is 17.9 Å². The van der Waals surface area contributed by atoms with E-state index in [4.69, 9.17) is 4.74 Å². The Kier molecular flexibility index (Phi) is 6.57. The number of ketones is 1. The third-order valence-corrected chi connectivity index (χ3v) is 5.28. The predicted octanol–water partition coefficient (Wildman–Crippen LogP) is 3.38. The quantitative estimate of drug-likeness (QED) is 0.432. The van der Waals surface area contributed by atoms with Crippen molar-refractivity contribution in [3.63, 3.8) is 0 Å². The zero-order valence-electron chi connectivity index (χ0n) is 17.9. The van der Waals surface area contributed by atoms with Gasteiger partial charge < -0.3 is 19.6 Å². The maximum Gasteiger partial charge on any atom is 0.295 e. The number of Topliss-reactive ketones (excluding diaryl/α,β-unsaturated/α-hetero) is 1. The Balaban J connectivity index is 2.09. The number of aryl methyl sites for hydroxylation is 1. The maximum atomic E-state index is 13.0. The molecule has 1 N–H and O–H groups in total. The lowest BCUT2D eigenvalue weighted by Crippen LogP contribution is -2.32. The van der Waals surface area contributed by atoms with Crippen LogP contribution >= 0.6 is 0 Å². The third kappa shape index (κ3) is 4.39. The summed E-state index contributed by atoms with van der Waals surface area (Å²) >= 11 is 0. The molecule has 3 rings (SSSR count). The monoisotopic (exact) mass is 408 g/mol. The number of benzene rings is 2. The first kappa shape index (κ1) is 21.6. The lowest BCUT2D eigenvalue weighted by atomic mass is 9.94. The number of hydrogen-bond acceptors (Lipinski definition) is 5. The second-order valence-electron chi connectivity index (χ2n) is 7.79. The Morgan fingerprint density at radius 2 is 1.83 bits per heavy atom. The van der Waals surface area contributed by atoms with Crippen LogP contribution in [0.2, 0.25) is 0 Å². The lowest BCUT2D eigenvalue weighted by molar-refractivity contribution is -0.139. The second-order valence-corrected chi connectivity index (χ2v) is 7.79. The van der Waals surface area contributed by atoms with Gasteiger partial charge in [0.25, 0.3) is 11.7 Å². The van der Waals surface area contributed by atoms with Gasteiger partial charge in [-0.15, -0.1) is 0 Å². The highest BCUT2D eigenvalue weighted by atomic mass is 16.5. The molecule has 1 saturated heterocycles. The van der Waals surface area contributed by atoms with Crippen molar-refractivity contribution in [3.05, 3.63) is 70.8 Å². The van der Waals surface area contributed by atoms with E-state index >= 15 is 0 Å². The fourth-order valence-corrected chi connectivity index (χ4v) is 3.69. The molecule has 1 heterocycles. The summed E-state index contributed by atoms with van der Waals surface area (Å²) in [5.74, 6) is -0.867. The number of carbonyl (C=O) groups excluding carboxylic acids is 2. The molecular weight excluding hydrogens is 380 g/mol. The van der Waals surface area contributed by atoms with Crippen molar-refractivity contribution in [1.82, 2.24) is 9.80 Å². The highest BCUT2D eigenvalue weighted by molar-refractivity contribution is 6.46. The zero-order chi connectivity index (χ0) is 21.8. The number of ether oxygens (including phenoxy) is 1. The highest BCUT2D eigenvalue weighted by Crippen LogP contribution is 2.39. The van der Waals surface area contributed by atoms with Crippen LogP contribution in [0.1, 0.15) is 29.2 Å². The lowest BCUT2D eigenvalue weighted by Gasteiger charge is -2.26. The molecule has 1 atom stereocenters. The van der Waals surface area contributed by atoms with Crippen molar-refractivity contribution >= 4 is 17.4 Å². The van der Waals surface area contributed by atoms with E-state index < -0.39 is 17.7 Å². The van der Waals surface area contributed by atoms with E-state index in [1.54, 1.807) is 29.2 Å². The van der Waals surface area contributed by atoms with Crippen LogP contribution in [0.5, 0.6) is 5.75 Å². The molecule has 1 aliphatic heterocycles. The molecule has 0 aliphatic carbocycles. The zero-order valence-corrected chi connectivity index (χ0v) is 17.9. The van der Waals surface area contributed by atoms with Gasteiger partial charge in [0.05, 0.1) is 18.7 Å². The van der Waals surface area contributed by atoms with Gasteiger partial charge in [0.1, 0.15) is 11.5 Å². The third-order valence-electron chi connectivity index (χ3n) is 5.28. The Hall–Kier alpha value is -3.12. The topological polar surface area (TPSA) is 70.1 Å². The van der Waals surface area contributed by atoms with Crippen LogP contribution in [0, 0.1) is 6.92 Å². The van der Waals surface area contributed by atoms with Crippen molar-refractivity contribution < 1.29 is 19.4 Å². The molecule has 0 unspecified atom stereocenters. The average molecular weight is 408 g/mol. The van der Waals surface area contributed by atoms with Crippen LogP contribution in [0.25, 0.3) is 5.76 Å². The van der Waals surface area contributed by atoms with E-state index in [-0.39, 0.29) is 11.3 Å². The number of methoxy groups -OCH3 is 1. The standard InChI is InChI=1S/C24H28N2O4/c1-16-9-11-17(12-10-16)21-20(22(27)18-7-5-8-19(15-18)30-4)23(28)24(29)26(21)14-6-13-25(2)3/h5,7-12,15,21,27H,6,13-14H2,1-4H3/b22-20+/t21-/m1/s1. The molecule has 30 heavy (non-hydrogen) atoms. The number of hydrogen-bond donors (Lipinski definition) is 1. The Morgan fingerprint density at radius 3 is 2.47 bits per heavy atom. The first-order chi connectivity index (χ1) is 14.3. The van der Waals surface area contributed by atoms with Crippen LogP contribution in [0.4, 0.5) is 0 Å². The predicted molar refractivity (Wildman–Crippen MR) is 116 cm³/mol. The minimum Gasteiger partial charge on any atom is -0.507 e. The fraction of sp³-hybridized carbons (Fsp3) is 0.333. The van der Waals surface area contributed by atoms with Crippen molar-refractivity contribution in [1.29, 1.82) is 0 Å². The summed E-state index contributed by atoms with van der Waals surface area (Å²) in [6.07, 6.45) is 0.724. The number of likely N-dealkylation sites (tertiary alicyclic amines) is 1. The van der Waals surface area contributed by atoms with Crippen LogP contribution in [0.15, 0.2) is 54.1 Å². The fourth-order valence-electron chi connectivity index (χ4n) is 3.69. The molecule has 0 saturated carbocycles. The van der Waals surface area contributed by atoms with Crippen molar-refractivity contribution in [2.45, 2.75) is 19.4 Å². The van der Waals surface area contributed by atoms with Gasteiger partial charge in [-0.05, 0) is 51.7 Å². The molecule has 2 aromatic carbocycles. The van der Waals surface area contributed by atoms with Crippen LogP contribution in [-0.2, 0) is 9.59 Å². The molecule has 6 nitrogen and oxygen atoms in total. The molecule has 0 aromatic heterocycles. The molecule has 1 aliphatic rings. The molecule has 1 amide bonds. The Labute approximate surface area is 177 Å². The largest absolute Gasteiger partial charge is 0.507 e. The van der Waals surface area contributed by atoms with Gasteiger partial charge in [0.15, 0.2) is 0 Å². The molecule has 0 radical (unpaired) electrons.